The normalized spacial score (nSPS) is 0. The van der Waals surface area contributed by atoms with Crippen LogP contribution in [-0.2, 0) is 0 Å². The van der Waals surface area contributed by atoms with Crippen molar-refractivity contribution in [2.24, 2.45) is 0 Å². The standard InChI is InChI=1S/Al.FH.2H2O.Si/h;1H;2*1H2;/p-1. The minimum absolute atomic E-state index is 0. The van der Waals surface area contributed by atoms with Gasteiger partial charge in [-0.05, 0) is 0 Å². The molecule has 3 N–H and O–H groups in total. The molecule has 5 heavy (non-hydrogen) atoms. The summed E-state index contributed by atoms with van der Waals surface area (Å²) in [5, 5.41) is 0. The summed E-state index contributed by atoms with van der Waals surface area (Å²) >= 11 is 0. The number of rotatable bonds is 0. The molecule has 7 radical (unpaired) electrons. The Kier molecular flexibility index (Phi) is 10900. The average molecular weight is 110 g/mol. The van der Waals surface area contributed by atoms with E-state index in [4.69, 9.17) is 0 Å². The Morgan fingerprint density at radius 2 is 1.00 bits per heavy atom. The van der Waals surface area contributed by atoms with Crippen LogP contribution in [-0.4, -0.2) is 39.3 Å². The van der Waals surface area contributed by atoms with Crippen LogP contribution in [0.25, 0.3) is 0 Å². The average Bonchev–Trinajstić information content (AvgIpc) is 0. The van der Waals surface area contributed by atoms with Gasteiger partial charge in [0.1, 0.15) is 0 Å². The van der Waals surface area contributed by atoms with Crippen molar-refractivity contribution in [1.82, 2.24) is 0 Å². The number of hydrogen-bond acceptors (Lipinski definition) is 1. The lowest BCUT2D eigenvalue weighted by Crippen LogP contribution is -0.382. The lowest BCUT2D eigenvalue weighted by Gasteiger charge is -0.870. The van der Waals surface area contributed by atoms with Crippen molar-refractivity contribution in [1.29, 1.82) is 0 Å². The highest BCUT2D eigenvalue weighted by molar-refractivity contribution is 5.76. The SMILES string of the molecule is F.O.[Al].[OH-].[Si]. The van der Waals surface area contributed by atoms with Crippen LogP contribution in [0.4, 0.5) is 4.70 Å². The first-order valence-electron chi connectivity index (χ1n) is 0. The van der Waals surface area contributed by atoms with Gasteiger partial charge in [0.25, 0.3) is 0 Å². The second-order valence-electron chi connectivity index (χ2n) is 0. The van der Waals surface area contributed by atoms with E-state index in [1.165, 1.54) is 0 Å². The van der Waals surface area contributed by atoms with Gasteiger partial charge in [0.2, 0.25) is 0 Å². The molecule has 0 aromatic carbocycles. The maximum absolute atomic E-state index is 0. The molecule has 5 heteroatoms. The summed E-state index contributed by atoms with van der Waals surface area (Å²) in [7, 11) is 0. The molecule has 0 aliphatic carbocycles. The van der Waals surface area contributed by atoms with Crippen molar-refractivity contribution >= 4 is 28.3 Å². The molecule has 0 aliphatic heterocycles. The number of hydrogen-bond donors (Lipinski definition) is 0. The lowest BCUT2D eigenvalue weighted by molar-refractivity contribution is 0.823. The minimum Gasteiger partial charge on any atom is -0.870 e. The molecule has 2 nitrogen and oxygen atoms in total. The zero-order chi connectivity index (χ0) is 0. The molecule has 0 saturated carbocycles. The fourth-order valence-electron chi connectivity index (χ4n) is 0. The highest BCUT2D eigenvalue weighted by Crippen LogP contribution is 0.420. The zero-order valence-electron chi connectivity index (χ0n) is 2.43. The zero-order valence-corrected chi connectivity index (χ0v) is 4.59. The lowest BCUT2D eigenvalue weighted by atomic mass is 16.0. The van der Waals surface area contributed by atoms with Gasteiger partial charge in [-0.3, -0.25) is 4.70 Å². The maximum atomic E-state index is 0. The third-order valence-corrected chi connectivity index (χ3v) is 0. The molecule has 0 spiro atoms. The summed E-state index contributed by atoms with van der Waals surface area (Å²) in [6.45, 7) is 0. The van der Waals surface area contributed by atoms with Crippen LogP contribution in [0.5, 0.6) is 0 Å². The van der Waals surface area contributed by atoms with Crippen molar-refractivity contribution in [3.8, 4) is 0 Å². The topological polar surface area (TPSA) is 61.5 Å². The summed E-state index contributed by atoms with van der Waals surface area (Å²) in [6, 6.07) is 0. The van der Waals surface area contributed by atoms with Gasteiger partial charge in [0, 0.05) is 28.3 Å². The fraction of sp³-hybridized carbons (Fsp3) is 0. The Hall–Kier alpha value is 0.599. The van der Waals surface area contributed by atoms with Gasteiger partial charge in [-0.2, -0.15) is 0 Å². The molecular formula is H4AlFO2Si-. The third kappa shape index (κ3) is 86.5. The second-order valence-corrected chi connectivity index (χ2v) is 0. The van der Waals surface area contributed by atoms with Gasteiger partial charge < -0.3 is 11.0 Å². The largest absolute Gasteiger partial charge is 0.870 e. The molecule has 0 fully saturated rings. The van der Waals surface area contributed by atoms with E-state index in [2.05, 4.69) is 0 Å². The molecule has 0 heterocycles. The predicted octanol–water partition coefficient (Wildman–Crippen LogP) is -1.61. The molecule has 0 atom stereocenters. The first kappa shape index (κ1) is 330. The highest BCUT2D eigenvalue weighted by Gasteiger charge is 0.00101. The van der Waals surface area contributed by atoms with Crippen LogP contribution in [0.2, 0.25) is 0 Å². The summed E-state index contributed by atoms with van der Waals surface area (Å²) in [5.74, 6) is 0. The monoisotopic (exact) mass is 110 g/mol. The minimum atomic E-state index is 0. The van der Waals surface area contributed by atoms with Crippen molar-refractivity contribution in [3.63, 3.8) is 0 Å². The van der Waals surface area contributed by atoms with E-state index >= 15 is 0 Å². The molecule has 31 valence electrons. The van der Waals surface area contributed by atoms with Gasteiger partial charge in [-0.15, -0.1) is 0 Å². The smallest absolute Gasteiger partial charge is 0 e. The Bertz CT molecular complexity index is 9.61. The Morgan fingerprint density at radius 3 is 1.00 bits per heavy atom. The molecule has 0 aromatic rings. The Labute approximate surface area is 44.7 Å². The first-order chi connectivity index (χ1) is 0. The summed E-state index contributed by atoms with van der Waals surface area (Å²) < 4.78 is 0. The van der Waals surface area contributed by atoms with E-state index in [-0.39, 0.29) is 44.0 Å². The van der Waals surface area contributed by atoms with Gasteiger partial charge in [-0.25, -0.2) is 0 Å². The van der Waals surface area contributed by atoms with Gasteiger partial charge >= 0.3 is 0 Å². The summed E-state index contributed by atoms with van der Waals surface area (Å²) in [5.41, 5.74) is 0. The maximum Gasteiger partial charge on any atom is 0 e. The van der Waals surface area contributed by atoms with Crippen LogP contribution < -0.4 is 0 Å². The summed E-state index contributed by atoms with van der Waals surface area (Å²) in [6.07, 6.45) is 0. The summed E-state index contributed by atoms with van der Waals surface area (Å²) in [4.78, 5) is 0. The molecule has 0 unspecified atom stereocenters. The first-order valence-corrected chi connectivity index (χ1v) is 0. The predicted molar refractivity (Wildman–Crippen MR) is 19.6 cm³/mol. The van der Waals surface area contributed by atoms with E-state index in [1.807, 2.05) is 0 Å². The van der Waals surface area contributed by atoms with Gasteiger partial charge in [0.05, 0.1) is 0 Å². The van der Waals surface area contributed by atoms with Crippen molar-refractivity contribution in [3.05, 3.63) is 0 Å². The molecule has 0 aromatic heterocycles. The number of halogens is 1. The van der Waals surface area contributed by atoms with E-state index in [1.54, 1.807) is 0 Å². The van der Waals surface area contributed by atoms with E-state index in [9.17, 15) is 0 Å². The van der Waals surface area contributed by atoms with E-state index in [0.29, 0.717) is 0 Å². The van der Waals surface area contributed by atoms with E-state index in [0.717, 1.165) is 0 Å². The van der Waals surface area contributed by atoms with Crippen molar-refractivity contribution in [2.75, 3.05) is 0 Å². The Morgan fingerprint density at radius 1 is 1.00 bits per heavy atom. The fourth-order valence-corrected chi connectivity index (χ4v) is 0. The molecule has 0 aliphatic rings. The second kappa shape index (κ2) is 166. The van der Waals surface area contributed by atoms with Crippen molar-refractivity contribution in [2.45, 2.75) is 0 Å². The van der Waals surface area contributed by atoms with Gasteiger partial charge in [-0.1, -0.05) is 0 Å². The van der Waals surface area contributed by atoms with Crippen LogP contribution >= 0.6 is 0 Å². The van der Waals surface area contributed by atoms with Gasteiger partial charge in [0.15, 0.2) is 0 Å². The van der Waals surface area contributed by atoms with Crippen LogP contribution in [0.15, 0.2) is 0 Å². The van der Waals surface area contributed by atoms with Crippen LogP contribution in [0.3, 0.4) is 0 Å². The van der Waals surface area contributed by atoms with E-state index < -0.39 is 0 Å². The van der Waals surface area contributed by atoms with Crippen LogP contribution in [0.1, 0.15) is 0 Å². The highest BCUT2D eigenvalue weighted by atomic mass is 28.1. The molecule has 0 bridgehead atoms. The molecule has 0 rings (SSSR count). The third-order valence-electron chi connectivity index (χ3n) is 0. The molecule has 0 amide bonds. The molecule has 0 saturated heterocycles. The molecular weight excluding hydrogens is 106 g/mol. The van der Waals surface area contributed by atoms with Crippen LogP contribution in [0, 0.1) is 0 Å². The quantitative estimate of drug-likeness (QED) is 0.346. The Balaban J connectivity index is 0. The van der Waals surface area contributed by atoms with Crippen molar-refractivity contribution < 1.29 is 15.7 Å².